The van der Waals surface area contributed by atoms with Crippen LogP contribution in [-0.4, -0.2) is 17.6 Å². The first-order valence-corrected chi connectivity index (χ1v) is 7.00. The number of rotatable bonds is 3. The van der Waals surface area contributed by atoms with Crippen molar-refractivity contribution in [2.75, 3.05) is 5.01 Å². The number of anilines is 1. The number of carbonyl (C=O) groups excluding carboxylic acids is 1. The number of benzene rings is 2. The zero-order valence-electron chi connectivity index (χ0n) is 11.4. The highest BCUT2D eigenvalue weighted by molar-refractivity contribution is 6.31. The standard InChI is InChI=1S/C16H12ClFN2O2/c17-12-4-2-6-14(11(12)8-21)20-15(9-22)16-10(7-19-20)3-1-5-13(16)18/h1-7,9,15,21H,8H2. The van der Waals surface area contributed by atoms with Gasteiger partial charge >= 0.3 is 0 Å². The van der Waals surface area contributed by atoms with Crippen LogP contribution in [0.4, 0.5) is 10.1 Å². The smallest absolute Gasteiger partial charge is 0.149 e. The van der Waals surface area contributed by atoms with Crippen LogP contribution in [0.1, 0.15) is 22.7 Å². The topological polar surface area (TPSA) is 52.9 Å². The number of aliphatic hydroxyl groups is 1. The quantitative estimate of drug-likeness (QED) is 0.885. The number of hydrazone groups is 1. The van der Waals surface area contributed by atoms with Crippen molar-refractivity contribution >= 4 is 29.8 Å². The van der Waals surface area contributed by atoms with E-state index in [1.54, 1.807) is 30.3 Å². The Kier molecular flexibility index (Phi) is 3.92. The van der Waals surface area contributed by atoms with Crippen molar-refractivity contribution in [2.24, 2.45) is 5.10 Å². The molecule has 1 N–H and O–H groups in total. The number of carbonyl (C=O) groups is 1. The lowest BCUT2D eigenvalue weighted by molar-refractivity contribution is -0.109. The first-order valence-electron chi connectivity index (χ1n) is 6.62. The van der Waals surface area contributed by atoms with E-state index in [2.05, 4.69) is 5.10 Å². The Balaban J connectivity index is 2.16. The molecular formula is C16H12ClFN2O2. The van der Waals surface area contributed by atoms with E-state index in [-0.39, 0.29) is 12.2 Å². The number of nitrogens with zero attached hydrogens (tertiary/aromatic N) is 2. The van der Waals surface area contributed by atoms with Crippen LogP contribution in [-0.2, 0) is 11.4 Å². The van der Waals surface area contributed by atoms with Gasteiger partial charge in [0.2, 0.25) is 0 Å². The van der Waals surface area contributed by atoms with Crippen molar-refractivity contribution in [3.8, 4) is 0 Å². The summed E-state index contributed by atoms with van der Waals surface area (Å²) in [4.78, 5) is 11.6. The van der Waals surface area contributed by atoms with Crippen LogP contribution in [0, 0.1) is 5.82 Å². The van der Waals surface area contributed by atoms with E-state index in [0.717, 1.165) is 0 Å². The van der Waals surface area contributed by atoms with Crippen LogP contribution >= 0.6 is 11.6 Å². The van der Waals surface area contributed by atoms with Crippen LogP contribution in [0.15, 0.2) is 41.5 Å². The van der Waals surface area contributed by atoms with Gasteiger partial charge in [-0.2, -0.15) is 5.10 Å². The van der Waals surface area contributed by atoms with Gasteiger partial charge in [0.05, 0.1) is 18.5 Å². The normalized spacial score (nSPS) is 16.5. The van der Waals surface area contributed by atoms with E-state index in [1.165, 1.54) is 17.3 Å². The molecule has 3 rings (SSSR count). The van der Waals surface area contributed by atoms with E-state index in [0.29, 0.717) is 28.1 Å². The van der Waals surface area contributed by atoms with Gasteiger partial charge in [0.15, 0.2) is 0 Å². The number of fused-ring (bicyclic) bond motifs is 1. The number of aliphatic hydroxyl groups excluding tert-OH is 1. The number of halogens is 2. The fourth-order valence-electron chi connectivity index (χ4n) is 2.55. The molecule has 0 bridgehead atoms. The number of hydrogen-bond donors (Lipinski definition) is 1. The van der Waals surface area contributed by atoms with E-state index in [1.807, 2.05) is 0 Å². The summed E-state index contributed by atoms with van der Waals surface area (Å²) in [6, 6.07) is 8.65. The van der Waals surface area contributed by atoms with Crippen LogP contribution in [0.5, 0.6) is 0 Å². The zero-order valence-corrected chi connectivity index (χ0v) is 12.2. The molecule has 0 radical (unpaired) electrons. The molecule has 0 saturated carbocycles. The monoisotopic (exact) mass is 318 g/mol. The minimum atomic E-state index is -0.912. The lowest BCUT2D eigenvalue weighted by Crippen LogP contribution is -2.30. The van der Waals surface area contributed by atoms with Gasteiger partial charge in [0.1, 0.15) is 18.1 Å². The molecule has 22 heavy (non-hydrogen) atoms. The van der Waals surface area contributed by atoms with Gasteiger partial charge in [0.25, 0.3) is 0 Å². The second-order valence-electron chi connectivity index (χ2n) is 4.81. The van der Waals surface area contributed by atoms with Crippen LogP contribution in [0.2, 0.25) is 5.02 Å². The molecule has 0 spiro atoms. The molecule has 0 fully saturated rings. The average Bonchev–Trinajstić information content (AvgIpc) is 2.54. The Morgan fingerprint density at radius 2 is 2.09 bits per heavy atom. The van der Waals surface area contributed by atoms with E-state index in [4.69, 9.17) is 11.6 Å². The molecule has 0 aromatic heterocycles. The lowest BCUT2D eigenvalue weighted by Gasteiger charge is -2.31. The van der Waals surface area contributed by atoms with Gasteiger partial charge in [-0.15, -0.1) is 0 Å². The van der Waals surface area contributed by atoms with Crippen molar-refractivity contribution in [1.82, 2.24) is 0 Å². The van der Waals surface area contributed by atoms with Gasteiger partial charge in [-0.05, 0) is 18.2 Å². The lowest BCUT2D eigenvalue weighted by atomic mass is 9.98. The summed E-state index contributed by atoms with van der Waals surface area (Å²) in [7, 11) is 0. The largest absolute Gasteiger partial charge is 0.392 e. The minimum absolute atomic E-state index is 0.261. The first-order chi connectivity index (χ1) is 10.7. The molecule has 6 heteroatoms. The highest BCUT2D eigenvalue weighted by atomic mass is 35.5. The fraction of sp³-hybridized carbons (Fsp3) is 0.125. The summed E-state index contributed by atoms with van der Waals surface area (Å²) in [5, 5.41) is 15.5. The SMILES string of the molecule is O=CC1c2c(F)cccc2C=NN1c1cccc(Cl)c1CO. The third-order valence-corrected chi connectivity index (χ3v) is 3.95. The van der Waals surface area contributed by atoms with Crippen molar-refractivity contribution < 1.29 is 14.3 Å². The molecule has 0 amide bonds. The van der Waals surface area contributed by atoms with Crippen molar-refractivity contribution in [2.45, 2.75) is 12.6 Å². The molecule has 112 valence electrons. The third kappa shape index (κ3) is 2.28. The number of hydrogen-bond acceptors (Lipinski definition) is 4. The Hall–Kier alpha value is -2.24. The maximum Gasteiger partial charge on any atom is 0.149 e. The molecule has 2 aromatic carbocycles. The van der Waals surface area contributed by atoms with Crippen LogP contribution in [0.3, 0.4) is 0 Å². The van der Waals surface area contributed by atoms with Gasteiger partial charge in [0, 0.05) is 21.7 Å². The Labute approximate surface area is 131 Å². The van der Waals surface area contributed by atoms with Crippen molar-refractivity contribution in [3.05, 3.63) is 63.9 Å². The molecular weight excluding hydrogens is 307 g/mol. The van der Waals surface area contributed by atoms with Gasteiger partial charge in [-0.25, -0.2) is 4.39 Å². The molecule has 1 aliphatic heterocycles. The first kappa shape index (κ1) is 14.7. The number of aldehydes is 1. The molecule has 1 unspecified atom stereocenters. The van der Waals surface area contributed by atoms with Gasteiger partial charge < -0.3 is 9.90 Å². The van der Waals surface area contributed by atoms with E-state index < -0.39 is 11.9 Å². The zero-order chi connectivity index (χ0) is 15.7. The maximum absolute atomic E-state index is 14.1. The predicted molar refractivity (Wildman–Crippen MR) is 82.7 cm³/mol. The maximum atomic E-state index is 14.1. The Bertz CT molecular complexity index is 764. The second-order valence-corrected chi connectivity index (χ2v) is 5.22. The molecule has 2 aromatic rings. The average molecular weight is 319 g/mol. The summed E-state index contributed by atoms with van der Waals surface area (Å²) in [6.45, 7) is -0.309. The second kappa shape index (κ2) is 5.87. The fourth-order valence-corrected chi connectivity index (χ4v) is 2.78. The van der Waals surface area contributed by atoms with E-state index >= 15 is 0 Å². The minimum Gasteiger partial charge on any atom is -0.392 e. The Morgan fingerprint density at radius 1 is 1.32 bits per heavy atom. The third-order valence-electron chi connectivity index (χ3n) is 3.60. The summed E-state index contributed by atoms with van der Waals surface area (Å²) in [5.41, 5.74) is 1.72. The molecule has 1 aliphatic rings. The molecule has 0 aliphatic carbocycles. The van der Waals surface area contributed by atoms with Gasteiger partial charge in [-0.3, -0.25) is 5.01 Å². The van der Waals surface area contributed by atoms with Crippen LogP contribution in [0.25, 0.3) is 0 Å². The molecule has 0 saturated heterocycles. The predicted octanol–water partition coefficient (Wildman–Crippen LogP) is 3.07. The highest BCUT2D eigenvalue weighted by Gasteiger charge is 2.30. The van der Waals surface area contributed by atoms with Gasteiger partial charge in [-0.1, -0.05) is 29.8 Å². The summed E-state index contributed by atoms with van der Waals surface area (Å²) in [5.74, 6) is -0.474. The Morgan fingerprint density at radius 3 is 2.82 bits per heavy atom. The van der Waals surface area contributed by atoms with E-state index in [9.17, 15) is 14.3 Å². The highest BCUT2D eigenvalue weighted by Crippen LogP contribution is 2.36. The van der Waals surface area contributed by atoms with Crippen molar-refractivity contribution in [3.63, 3.8) is 0 Å². The summed E-state index contributed by atoms with van der Waals surface area (Å²) >= 11 is 6.07. The summed E-state index contributed by atoms with van der Waals surface area (Å²) < 4.78 is 14.1. The molecule has 4 nitrogen and oxygen atoms in total. The van der Waals surface area contributed by atoms with Crippen molar-refractivity contribution in [1.29, 1.82) is 0 Å². The summed E-state index contributed by atoms with van der Waals surface area (Å²) in [6.07, 6.45) is 2.11. The van der Waals surface area contributed by atoms with Crippen LogP contribution < -0.4 is 5.01 Å². The molecule has 1 heterocycles. The molecule has 1 atom stereocenters.